The Balaban J connectivity index is 1.26. The van der Waals surface area contributed by atoms with Gasteiger partial charge in [-0.15, -0.1) is 0 Å². The Morgan fingerprint density at radius 2 is 2.02 bits per heavy atom. The molecule has 10 heteroatoms. The number of ether oxygens (including phenoxy) is 2. The van der Waals surface area contributed by atoms with E-state index < -0.39 is 11.8 Å². The maximum Gasteiger partial charge on any atom is 0.318 e. The largest absolute Gasteiger partial charge is 0.461 e. The lowest BCUT2D eigenvalue weighted by Crippen LogP contribution is -2.44. The van der Waals surface area contributed by atoms with Crippen LogP contribution in [0.5, 0.6) is 6.01 Å². The van der Waals surface area contributed by atoms with Gasteiger partial charge in [-0.05, 0) is 69.5 Å². The average Bonchev–Trinajstić information content (AvgIpc) is 3.40. The first kappa shape index (κ1) is 27.4. The van der Waals surface area contributed by atoms with E-state index >= 15 is 0 Å². The summed E-state index contributed by atoms with van der Waals surface area (Å²) in [5.41, 5.74) is 10.1. The minimum absolute atomic E-state index is 0.0416. The van der Waals surface area contributed by atoms with Crippen LogP contribution in [0.3, 0.4) is 0 Å². The van der Waals surface area contributed by atoms with Gasteiger partial charge >= 0.3 is 6.01 Å². The van der Waals surface area contributed by atoms with Crippen molar-refractivity contribution >= 4 is 11.5 Å². The first-order chi connectivity index (χ1) is 20.4. The number of nitrogen functional groups attached to an aromatic ring is 1. The molecular formula is C32H38FN7O2. The minimum Gasteiger partial charge on any atom is -0.461 e. The molecule has 1 aromatic heterocycles. The van der Waals surface area contributed by atoms with Crippen molar-refractivity contribution in [2.75, 3.05) is 43.4 Å². The highest BCUT2D eigenvalue weighted by molar-refractivity contribution is 5.63. The lowest BCUT2D eigenvalue weighted by molar-refractivity contribution is -0.0857. The Labute approximate surface area is 246 Å². The highest BCUT2D eigenvalue weighted by Gasteiger charge is 2.50. The van der Waals surface area contributed by atoms with Crippen LogP contribution in [0, 0.1) is 28.6 Å². The number of halogens is 1. The second kappa shape index (κ2) is 10.7. The molecule has 0 saturated carbocycles. The van der Waals surface area contributed by atoms with Crippen LogP contribution >= 0.6 is 0 Å². The van der Waals surface area contributed by atoms with E-state index in [9.17, 15) is 14.9 Å². The maximum atomic E-state index is 14.5. The molecule has 220 valence electrons. The fraction of sp³-hybridized carbons (Fsp3) is 0.625. The van der Waals surface area contributed by atoms with Crippen LogP contribution < -0.4 is 15.4 Å². The molecule has 7 rings (SSSR count). The van der Waals surface area contributed by atoms with Crippen molar-refractivity contribution in [2.45, 2.75) is 88.1 Å². The maximum absolute atomic E-state index is 14.5. The van der Waals surface area contributed by atoms with E-state index in [-0.39, 0.29) is 11.5 Å². The second-order valence-corrected chi connectivity index (χ2v) is 12.9. The minimum atomic E-state index is -0.829. The normalized spacial score (nSPS) is 30.6. The van der Waals surface area contributed by atoms with Gasteiger partial charge in [-0.25, -0.2) is 4.39 Å². The van der Waals surface area contributed by atoms with Gasteiger partial charge in [-0.2, -0.15) is 20.5 Å². The predicted molar refractivity (Wildman–Crippen MR) is 154 cm³/mol. The molecule has 3 unspecified atom stereocenters. The van der Waals surface area contributed by atoms with Gasteiger partial charge in [0.05, 0.1) is 29.5 Å². The molecule has 42 heavy (non-hydrogen) atoms. The monoisotopic (exact) mass is 571 g/mol. The summed E-state index contributed by atoms with van der Waals surface area (Å²) in [5.74, 6) is 0.850. The van der Waals surface area contributed by atoms with Crippen LogP contribution in [0.1, 0.15) is 79.3 Å². The third-order valence-electron chi connectivity index (χ3n) is 10.4. The van der Waals surface area contributed by atoms with E-state index in [1.165, 1.54) is 0 Å². The molecule has 5 heterocycles. The molecule has 0 bridgehead atoms. The zero-order valence-corrected chi connectivity index (χ0v) is 24.1. The molecule has 9 nitrogen and oxygen atoms in total. The summed E-state index contributed by atoms with van der Waals surface area (Å²) in [6.07, 6.45) is 7.29. The standard InChI is InChI=1S/C32H38FN7O2/c33-23-14-31(9-3-12-40(31)18-23)20-41-30-37-27-15-32(10-1-5-22-6-7-26(36)24(17-35)28(22)32)42-19-25(27)29(38-30)39-11-2-4-21(16-34)8-13-39/h6-7,21,23H,1-5,8-15,18-20,36H2/t21?,23-,31?,32?/m1/s1. The SMILES string of the molecule is N#Cc1c(N)ccc2c1C1(CCC2)Cc2nc(OCC34CCCN3C[C@H](F)C4)nc(N3CCCC(C#N)CC3)c2CO1. The number of hydrogen-bond donors (Lipinski definition) is 1. The lowest BCUT2D eigenvalue weighted by atomic mass is 9.72. The Kier molecular flexibility index (Phi) is 6.95. The number of fused-ring (bicyclic) bond motifs is 4. The van der Waals surface area contributed by atoms with Crippen LogP contribution in [0.4, 0.5) is 15.9 Å². The number of benzene rings is 1. The summed E-state index contributed by atoms with van der Waals surface area (Å²) >= 11 is 0. The second-order valence-electron chi connectivity index (χ2n) is 12.9. The van der Waals surface area contributed by atoms with Gasteiger partial charge in [0.25, 0.3) is 0 Å². The molecule has 3 fully saturated rings. The number of hydrogen-bond acceptors (Lipinski definition) is 9. The number of nitrogens with two attached hydrogens (primary N) is 1. The van der Waals surface area contributed by atoms with Crippen molar-refractivity contribution in [3.63, 3.8) is 0 Å². The molecule has 1 spiro atoms. The Morgan fingerprint density at radius 3 is 2.88 bits per heavy atom. The van der Waals surface area contributed by atoms with E-state index in [0.29, 0.717) is 49.9 Å². The van der Waals surface area contributed by atoms with Crippen LogP contribution in [-0.2, 0) is 29.8 Å². The van der Waals surface area contributed by atoms with Crippen LogP contribution in [-0.4, -0.2) is 59.4 Å². The molecule has 3 saturated heterocycles. The van der Waals surface area contributed by atoms with Crippen molar-refractivity contribution in [2.24, 2.45) is 5.92 Å². The van der Waals surface area contributed by atoms with Gasteiger partial charge in [0.2, 0.25) is 0 Å². The van der Waals surface area contributed by atoms with Crippen molar-refractivity contribution in [3.05, 3.63) is 40.1 Å². The first-order valence-electron chi connectivity index (χ1n) is 15.5. The average molecular weight is 572 g/mol. The van der Waals surface area contributed by atoms with Gasteiger partial charge in [0.15, 0.2) is 0 Å². The number of rotatable bonds is 4. The third-order valence-corrected chi connectivity index (χ3v) is 10.4. The van der Waals surface area contributed by atoms with Gasteiger partial charge in [-0.1, -0.05) is 6.07 Å². The van der Waals surface area contributed by atoms with Gasteiger partial charge < -0.3 is 20.1 Å². The van der Waals surface area contributed by atoms with E-state index in [0.717, 1.165) is 99.2 Å². The zero-order valence-electron chi connectivity index (χ0n) is 24.1. The van der Waals surface area contributed by atoms with E-state index in [2.05, 4.69) is 21.9 Å². The number of nitriles is 2. The summed E-state index contributed by atoms with van der Waals surface area (Å²) in [6, 6.07) is 8.97. The topological polar surface area (TPSA) is 124 Å². The Bertz CT molecular complexity index is 1470. The fourth-order valence-corrected chi connectivity index (χ4v) is 8.25. The number of aromatic nitrogens is 2. The summed E-state index contributed by atoms with van der Waals surface area (Å²) in [5, 5.41) is 19.6. The van der Waals surface area contributed by atoms with Crippen LogP contribution in [0.25, 0.3) is 0 Å². The quantitative estimate of drug-likeness (QED) is 0.534. The highest BCUT2D eigenvalue weighted by Crippen LogP contribution is 2.48. The molecule has 2 aromatic rings. The Morgan fingerprint density at radius 1 is 1.12 bits per heavy atom. The summed E-state index contributed by atoms with van der Waals surface area (Å²) < 4.78 is 27.6. The fourth-order valence-electron chi connectivity index (χ4n) is 8.25. The highest BCUT2D eigenvalue weighted by atomic mass is 19.1. The van der Waals surface area contributed by atoms with Crippen molar-refractivity contribution in [1.29, 1.82) is 10.5 Å². The molecule has 0 radical (unpaired) electrons. The molecule has 4 aliphatic heterocycles. The van der Waals surface area contributed by atoms with Crippen LogP contribution in [0.15, 0.2) is 12.1 Å². The number of aryl methyl sites for hydroxylation is 1. The molecule has 0 amide bonds. The van der Waals surface area contributed by atoms with Crippen molar-refractivity contribution in [3.8, 4) is 18.1 Å². The van der Waals surface area contributed by atoms with Crippen molar-refractivity contribution in [1.82, 2.24) is 14.9 Å². The molecule has 1 aromatic carbocycles. The smallest absolute Gasteiger partial charge is 0.318 e. The van der Waals surface area contributed by atoms with E-state index in [4.69, 9.17) is 25.2 Å². The molecule has 4 atom stereocenters. The summed E-state index contributed by atoms with van der Waals surface area (Å²) in [4.78, 5) is 14.5. The number of alkyl halides is 1. The summed E-state index contributed by atoms with van der Waals surface area (Å²) in [7, 11) is 0. The van der Waals surface area contributed by atoms with Crippen LogP contribution in [0.2, 0.25) is 0 Å². The lowest BCUT2D eigenvalue weighted by Gasteiger charge is -2.43. The molecular weight excluding hydrogens is 533 g/mol. The number of nitrogens with zero attached hydrogens (tertiary/aromatic N) is 6. The predicted octanol–water partition coefficient (Wildman–Crippen LogP) is 4.32. The number of anilines is 2. The van der Waals surface area contributed by atoms with Gasteiger partial charge in [0, 0.05) is 55.2 Å². The molecule has 5 aliphatic rings. The molecule has 2 N–H and O–H groups in total. The van der Waals surface area contributed by atoms with E-state index in [1.807, 2.05) is 12.1 Å². The zero-order chi connectivity index (χ0) is 28.9. The Hall–Kier alpha value is -3.47. The first-order valence-corrected chi connectivity index (χ1v) is 15.5. The van der Waals surface area contributed by atoms with Gasteiger partial charge in [-0.3, -0.25) is 4.90 Å². The van der Waals surface area contributed by atoms with E-state index in [1.54, 1.807) is 0 Å². The van der Waals surface area contributed by atoms with Gasteiger partial charge in [0.1, 0.15) is 30.3 Å². The third kappa shape index (κ3) is 4.56. The van der Waals surface area contributed by atoms with Crippen molar-refractivity contribution < 1.29 is 13.9 Å². The summed E-state index contributed by atoms with van der Waals surface area (Å²) in [6.45, 7) is 3.58. The molecule has 1 aliphatic carbocycles.